The van der Waals surface area contributed by atoms with E-state index in [1.807, 2.05) is 26.0 Å². The second-order valence-corrected chi connectivity index (χ2v) is 5.14. The van der Waals surface area contributed by atoms with Crippen LogP contribution in [-0.4, -0.2) is 18.1 Å². The Morgan fingerprint density at radius 1 is 1.14 bits per heavy atom. The van der Waals surface area contributed by atoms with Gasteiger partial charge in [-0.05, 0) is 37.6 Å². The van der Waals surface area contributed by atoms with E-state index in [-0.39, 0.29) is 5.97 Å². The summed E-state index contributed by atoms with van der Waals surface area (Å²) < 4.78 is 10.4. The number of anilines is 1. The smallest absolute Gasteiger partial charge is 0.315 e. The van der Waals surface area contributed by atoms with E-state index in [9.17, 15) is 4.79 Å². The molecule has 2 N–H and O–H groups in total. The second kappa shape index (κ2) is 5.83. The molecule has 0 fully saturated rings. The van der Waals surface area contributed by atoms with Crippen LogP contribution in [0, 0.1) is 0 Å². The minimum atomic E-state index is -0.706. The molecule has 0 atom stereocenters. The Balaban J connectivity index is 2.18. The van der Waals surface area contributed by atoms with Crippen LogP contribution in [-0.2, 0) is 14.9 Å². The summed E-state index contributed by atoms with van der Waals surface area (Å²) in [5.74, 6) is 1.16. The van der Waals surface area contributed by atoms with Crippen molar-refractivity contribution in [3.8, 4) is 11.6 Å². The summed E-state index contributed by atoms with van der Waals surface area (Å²) >= 11 is 0. The molecule has 1 heterocycles. The number of carbonyl (C=O) groups is 1. The topological polar surface area (TPSA) is 74.4 Å². The van der Waals surface area contributed by atoms with Crippen molar-refractivity contribution in [3.63, 3.8) is 0 Å². The Morgan fingerprint density at radius 2 is 1.81 bits per heavy atom. The first-order chi connectivity index (χ1) is 9.93. The number of nitrogen functional groups attached to an aromatic ring is 1. The number of benzene rings is 1. The molecule has 21 heavy (non-hydrogen) atoms. The van der Waals surface area contributed by atoms with Gasteiger partial charge >= 0.3 is 5.97 Å². The molecule has 0 aliphatic rings. The van der Waals surface area contributed by atoms with Gasteiger partial charge in [0.1, 0.15) is 11.6 Å². The summed E-state index contributed by atoms with van der Waals surface area (Å²) in [5, 5.41) is 0. The first-order valence-electron chi connectivity index (χ1n) is 6.53. The molecule has 0 saturated carbocycles. The number of rotatable bonds is 4. The quantitative estimate of drug-likeness (QED) is 0.875. The Kier molecular flexibility index (Phi) is 4.12. The number of nitrogens with zero attached hydrogens (tertiary/aromatic N) is 1. The zero-order valence-electron chi connectivity index (χ0n) is 12.3. The molecule has 0 amide bonds. The molecule has 5 nitrogen and oxygen atoms in total. The molecule has 0 spiro atoms. The minimum absolute atomic E-state index is 0.284. The van der Waals surface area contributed by atoms with E-state index in [4.69, 9.17) is 15.2 Å². The molecular weight excluding hydrogens is 268 g/mol. The third-order valence-corrected chi connectivity index (χ3v) is 3.24. The number of ether oxygens (including phenoxy) is 2. The van der Waals surface area contributed by atoms with Crippen molar-refractivity contribution in [2.45, 2.75) is 19.3 Å². The van der Waals surface area contributed by atoms with Gasteiger partial charge in [0.2, 0.25) is 5.88 Å². The van der Waals surface area contributed by atoms with Crippen molar-refractivity contribution >= 4 is 11.8 Å². The fourth-order valence-electron chi connectivity index (χ4n) is 1.92. The lowest BCUT2D eigenvalue weighted by atomic mass is 9.85. The predicted octanol–water partition coefficient (Wildman–Crippen LogP) is 2.91. The number of hydrogen-bond donors (Lipinski definition) is 1. The van der Waals surface area contributed by atoms with Crippen molar-refractivity contribution in [3.05, 3.63) is 48.0 Å². The summed E-state index contributed by atoms with van der Waals surface area (Å²) in [6.07, 6.45) is 0. The maximum absolute atomic E-state index is 11.8. The van der Waals surface area contributed by atoms with Crippen LogP contribution in [0.25, 0.3) is 0 Å². The van der Waals surface area contributed by atoms with Crippen molar-refractivity contribution in [2.75, 3.05) is 12.8 Å². The number of esters is 1. The molecule has 2 aromatic rings. The van der Waals surface area contributed by atoms with Crippen molar-refractivity contribution in [2.24, 2.45) is 0 Å². The highest BCUT2D eigenvalue weighted by atomic mass is 16.5. The van der Waals surface area contributed by atoms with Gasteiger partial charge in [0, 0.05) is 6.07 Å². The van der Waals surface area contributed by atoms with E-state index in [2.05, 4.69) is 4.98 Å². The minimum Gasteiger partial charge on any atom is -0.468 e. The SMILES string of the molecule is COC(=O)C(C)(C)c1ccc(Oc2cccc(N)n2)cc1. The van der Waals surface area contributed by atoms with E-state index >= 15 is 0 Å². The van der Waals surface area contributed by atoms with Gasteiger partial charge in [-0.1, -0.05) is 18.2 Å². The average molecular weight is 286 g/mol. The van der Waals surface area contributed by atoms with Crippen LogP contribution in [0.1, 0.15) is 19.4 Å². The Morgan fingerprint density at radius 3 is 2.38 bits per heavy atom. The van der Waals surface area contributed by atoms with Crippen LogP contribution >= 0.6 is 0 Å². The number of hydrogen-bond acceptors (Lipinski definition) is 5. The maximum Gasteiger partial charge on any atom is 0.315 e. The van der Waals surface area contributed by atoms with Crippen molar-refractivity contribution < 1.29 is 14.3 Å². The van der Waals surface area contributed by atoms with E-state index in [1.54, 1.807) is 30.3 Å². The summed E-state index contributed by atoms with van der Waals surface area (Å²) in [4.78, 5) is 15.8. The molecule has 0 aliphatic heterocycles. The zero-order chi connectivity index (χ0) is 15.5. The zero-order valence-corrected chi connectivity index (χ0v) is 12.3. The van der Waals surface area contributed by atoms with Crippen LogP contribution in [0.15, 0.2) is 42.5 Å². The highest BCUT2D eigenvalue weighted by molar-refractivity contribution is 5.82. The first-order valence-corrected chi connectivity index (χ1v) is 6.53. The van der Waals surface area contributed by atoms with Gasteiger partial charge < -0.3 is 15.2 Å². The van der Waals surface area contributed by atoms with Crippen LogP contribution in [0.2, 0.25) is 0 Å². The van der Waals surface area contributed by atoms with E-state index in [0.29, 0.717) is 17.4 Å². The van der Waals surface area contributed by atoms with Gasteiger partial charge in [-0.2, -0.15) is 4.98 Å². The van der Waals surface area contributed by atoms with Gasteiger partial charge in [0.05, 0.1) is 12.5 Å². The third-order valence-electron chi connectivity index (χ3n) is 3.24. The largest absolute Gasteiger partial charge is 0.468 e. The molecule has 5 heteroatoms. The van der Waals surface area contributed by atoms with Gasteiger partial charge in [-0.25, -0.2) is 0 Å². The molecule has 1 aromatic heterocycles. The van der Waals surface area contributed by atoms with Crippen LogP contribution < -0.4 is 10.5 Å². The third kappa shape index (κ3) is 3.31. The van der Waals surface area contributed by atoms with Crippen molar-refractivity contribution in [1.82, 2.24) is 4.98 Å². The van der Waals surface area contributed by atoms with Crippen LogP contribution in [0.3, 0.4) is 0 Å². The fourth-order valence-corrected chi connectivity index (χ4v) is 1.92. The summed E-state index contributed by atoms with van der Waals surface area (Å²) in [6.45, 7) is 3.63. The number of pyridine rings is 1. The molecule has 0 aliphatic carbocycles. The summed E-state index contributed by atoms with van der Waals surface area (Å²) in [6, 6.07) is 12.4. The standard InChI is InChI=1S/C16H18N2O3/c1-16(2,15(19)20-3)11-7-9-12(10-8-11)21-14-6-4-5-13(17)18-14/h4-10H,1-3H3,(H2,17,18). The fraction of sp³-hybridized carbons (Fsp3) is 0.250. The van der Waals surface area contributed by atoms with Crippen molar-refractivity contribution in [1.29, 1.82) is 0 Å². The molecule has 0 bridgehead atoms. The van der Waals surface area contributed by atoms with Gasteiger partial charge in [0.25, 0.3) is 0 Å². The number of aromatic nitrogens is 1. The monoisotopic (exact) mass is 286 g/mol. The molecule has 0 radical (unpaired) electrons. The predicted molar refractivity (Wildman–Crippen MR) is 80.2 cm³/mol. The number of nitrogens with two attached hydrogens (primary N) is 1. The van der Waals surface area contributed by atoms with Crippen LogP contribution in [0.4, 0.5) is 5.82 Å². The number of carbonyl (C=O) groups excluding carboxylic acids is 1. The first kappa shape index (κ1) is 14.8. The molecule has 1 aromatic carbocycles. The molecular formula is C16H18N2O3. The lowest BCUT2D eigenvalue weighted by molar-refractivity contribution is -0.146. The maximum atomic E-state index is 11.8. The number of methoxy groups -OCH3 is 1. The molecule has 2 rings (SSSR count). The molecule has 110 valence electrons. The summed E-state index contributed by atoms with van der Waals surface area (Å²) in [5.41, 5.74) is 5.74. The van der Waals surface area contributed by atoms with E-state index in [0.717, 1.165) is 5.56 Å². The highest BCUT2D eigenvalue weighted by Gasteiger charge is 2.30. The van der Waals surface area contributed by atoms with Gasteiger partial charge in [0.15, 0.2) is 0 Å². The molecule has 0 saturated heterocycles. The molecule has 0 unspecified atom stereocenters. The van der Waals surface area contributed by atoms with Gasteiger partial charge in [-0.3, -0.25) is 4.79 Å². The normalized spacial score (nSPS) is 11.0. The Bertz CT molecular complexity index is 636. The highest BCUT2D eigenvalue weighted by Crippen LogP contribution is 2.28. The lowest BCUT2D eigenvalue weighted by Gasteiger charge is -2.22. The van der Waals surface area contributed by atoms with Gasteiger partial charge in [-0.15, -0.1) is 0 Å². The van der Waals surface area contributed by atoms with E-state index in [1.165, 1.54) is 7.11 Å². The van der Waals surface area contributed by atoms with E-state index < -0.39 is 5.41 Å². The second-order valence-electron chi connectivity index (χ2n) is 5.14. The Labute approximate surface area is 123 Å². The Hall–Kier alpha value is -2.56. The van der Waals surface area contributed by atoms with Crippen LogP contribution in [0.5, 0.6) is 11.6 Å². The summed E-state index contributed by atoms with van der Waals surface area (Å²) in [7, 11) is 1.38. The average Bonchev–Trinajstić information content (AvgIpc) is 2.47. The lowest BCUT2D eigenvalue weighted by Crippen LogP contribution is -2.30.